The van der Waals surface area contributed by atoms with E-state index in [1.54, 1.807) is 24.3 Å². The molecule has 17 heteroatoms. The Labute approximate surface area is 351 Å². The molecule has 0 spiro atoms. The molecular weight excluding hydrogens is 793 g/mol. The summed E-state index contributed by atoms with van der Waals surface area (Å²) < 4.78 is 21.6. The van der Waals surface area contributed by atoms with Crippen molar-refractivity contribution in [3.05, 3.63) is 75.7 Å². The van der Waals surface area contributed by atoms with E-state index in [0.717, 1.165) is 88.0 Å². The van der Waals surface area contributed by atoms with Crippen LogP contribution in [0.4, 0.5) is 15.9 Å². The molecule has 312 valence electrons. The minimum absolute atomic E-state index is 0.00930. The van der Waals surface area contributed by atoms with Gasteiger partial charge >= 0.3 is 0 Å². The Morgan fingerprint density at radius 2 is 1.62 bits per heavy atom. The number of hydrogen-bond acceptors (Lipinski definition) is 12. The lowest BCUT2D eigenvalue weighted by Gasteiger charge is -2.36. The fourth-order valence-electron chi connectivity index (χ4n) is 10.1. The molecule has 60 heavy (non-hydrogen) atoms. The number of nitrogens with zero attached hydrogens (tertiary/aromatic N) is 7. The second-order valence-corrected chi connectivity index (χ2v) is 17.3. The van der Waals surface area contributed by atoms with Gasteiger partial charge in [0.2, 0.25) is 11.8 Å². The summed E-state index contributed by atoms with van der Waals surface area (Å²) in [7, 11) is 0. The highest BCUT2D eigenvalue weighted by molar-refractivity contribution is 6.31. The van der Waals surface area contributed by atoms with Gasteiger partial charge in [0.1, 0.15) is 23.7 Å². The van der Waals surface area contributed by atoms with E-state index in [9.17, 15) is 24.0 Å². The van der Waals surface area contributed by atoms with Crippen molar-refractivity contribution < 1.29 is 33.1 Å². The normalized spacial score (nSPS) is 26.8. The molecule has 2 aliphatic carbocycles. The Morgan fingerprint density at radius 1 is 0.900 bits per heavy atom. The number of ether oxygens (including phenoxy) is 1. The van der Waals surface area contributed by atoms with E-state index in [1.165, 1.54) is 6.07 Å². The number of halogens is 2. The molecule has 15 nitrogen and oxygen atoms in total. The number of nitriles is 1. The lowest BCUT2D eigenvalue weighted by atomic mass is 9.93. The first kappa shape index (κ1) is 39.8. The fourth-order valence-corrected chi connectivity index (χ4v) is 10.3. The topological polar surface area (TPSA) is 181 Å². The van der Waals surface area contributed by atoms with Gasteiger partial charge in [-0.1, -0.05) is 11.6 Å². The molecule has 2 N–H and O–H groups in total. The number of imide groups is 2. The Balaban J connectivity index is 0.708. The third kappa shape index (κ3) is 7.88. The van der Waals surface area contributed by atoms with Crippen LogP contribution >= 0.6 is 11.6 Å². The van der Waals surface area contributed by atoms with Gasteiger partial charge in [-0.15, -0.1) is 10.2 Å². The van der Waals surface area contributed by atoms with E-state index in [1.807, 2.05) is 17.0 Å². The highest BCUT2D eigenvalue weighted by Crippen LogP contribution is 2.44. The molecular formula is C43H45ClFN9O6. The van der Waals surface area contributed by atoms with Gasteiger partial charge in [0, 0.05) is 64.3 Å². The van der Waals surface area contributed by atoms with Crippen LogP contribution in [-0.2, 0) is 9.59 Å². The standard InChI is InChI=1S/C43H45ClFN9O6/c44-33-17-30(4-1-25(33)20-46)60-29-5-2-28(3-6-29)47-40(56)35-7-9-38(50-49-35)52-13-11-51(12-14-52)21-24-15-26-22-53(23-27(26)16-24)37-19-32-31(18-34(37)45)42(58)54(43(32)59)36-8-10-39(55)48-41(36)57/h1,4,7,9,17-19,24,26-29,36H,2-3,5-6,8,10-16,21-23H2,(H,47,56)(H,48,55,57)/t24-,26-,27+,28-,29-,36?. The molecule has 2 saturated carbocycles. The van der Waals surface area contributed by atoms with Crippen LogP contribution in [0.25, 0.3) is 0 Å². The summed E-state index contributed by atoms with van der Waals surface area (Å²) in [5, 5.41) is 23.4. The van der Waals surface area contributed by atoms with Gasteiger partial charge in [-0.3, -0.25) is 39.1 Å². The highest BCUT2D eigenvalue weighted by atomic mass is 35.5. The van der Waals surface area contributed by atoms with Crippen LogP contribution in [0.2, 0.25) is 5.02 Å². The third-order valence-electron chi connectivity index (χ3n) is 13.2. The maximum absolute atomic E-state index is 15.5. The van der Waals surface area contributed by atoms with Crippen molar-refractivity contribution in [2.75, 3.05) is 55.6 Å². The molecule has 5 heterocycles. The first-order valence-corrected chi connectivity index (χ1v) is 21.2. The molecule has 0 radical (unpaired) electrons. The van der Waals surface area contributed by atoms with Gasteiger partial charge < -0.3 is 19.9 Å². The monoisotopic (exact) mass is 837 g/mol. The fraction of sp³-hybridized carbons (Fsp3) is 0.488. The number of carbonyl (C=O) groups excluding carboxylic acids is 5. The van der Waals surface area contributed by atoms with Crippen molar-refractivity contribution in [1.29, 1.82) is 5.26 Å². The molecule has 3 aromatic rings. The van der Waals surface area contributed by atoms with E-state index in [0.29, 0.717) is 52.9 Å². The summed E-state index contributed by atoms with van der Waals surface area (Å²) in [4.78, 5) is 71.2. The van der Waals surface area contributed by atoms with Crippen molar-refractivity contribution in [3.8, 4) is 11.8 Å². The van der Waals surface area contributed by atoms with Gasteiger partial charge in [-0.2, -0.15) is 5.26 Å². The molecule has 4 atom stereocenters. The number of nitrogens with one attached hydrogen (secondary N) is 2. The second kappa shape index (κ2) is 16.4. The minimum atomic E-state index is -1.10. The van der Waals surface area contributed by atoms with Crippen molar-refractivity contribution in [2.24, 2.45) is 17.8 Å². The first-order valence-electron chi connectivity index (χ1n) is 20.8. The number of hydrogen-bond donors (Lipinski definition) is 2. The summed E-state index contributed by atoms with van der Waals surface area (Å²) in [6.07, 6.45) is 5.25. The van der Waals surface area contributed by atoms with Crippen LogP contribution in [0.1, 0.15) is 88.1 Å². The zero-order valence-corrected chi connectivity index (χ0v) is 33.7. The van der Waals surface area contributed by atoms with Crippen LogP contribution in [0, 0.1) is 34.9 Å². The minimum Gasteiger partial charge on any atom is -0.490 e. The number of piperidine rings is 1. The lowest BCUT2D eigenvalue weighted by Crippen LogP contribution is -2.54. The summed E-state index contributed by atoms with van der Waals surface area (Å²) in [5.41, 5.74) is 1.03. The van der Waals surface area contributed by atoms with Crippen LogP contribution in [0.5, 0.6) is 5.75 Å². The van der Waals surface area contributed by atoms with Crippen LogP contribution in [-0.4, -0.2) is 114 Å². The summed E-state index contributed by atoms with van der Waals surface area (Å²) in [6, 6.07) is 12.2. The molecule has 9 rings (SSSR count). The molecule has 2 aromatic carbocycles. The SMILES string of the molecule is N#Cc1ccc(O[C@H]2CC[C@H](NC(=O)c3ccc(N4CCN(C[C@@H]5C[C@@H]6CN(c7cc8c(cc7F)C(=O)N(C7CCC(=O)NC7=O)C8=O)C[C@@H]6C5)CC4)nn3)CC2)cc1Cl. The largest absolute Gasteiger partial charge is 0.490 e. The Hall–Kier alpha value is -5.66. The Bertz CT molecular complexity index is 2260. The van der Waals surface area contributed by atoms with Gasteiger partial charge in [0.05, 0.1) is 33.5 Å². The van der Waals surface area contributed by atoms with Crippen LogP contribution in [0.15, 0.2) is 42.5 Å². The van der Waals surface area contributed by atoms with Gasteiger partial charge in [0.15, 0.2) is 11.5 Å². The number of benzene rings is 2. The zero-order chi connectivity index (χ0) is 41.7. The highest BCUT2D eigenvalue weighted by Gasteiger charge is 2.47. The predicted molar refractivity (Wildman–Crippen MR) is 216 cm³/mol. The van der Waals surface area contributed by atoms with Gasteiger partial charge in [-0.05, 0) is 99.1 Å². The van der Waals surface area contributed by atoms with E-state index >= 15 is 4.39 Å². The maximum Gasteiger partial charge on any atom is 0.272 e. The molecule has 0 bridgehead atoms. The van der Waals surface area contributed by atoms with Crippen LogP contribution < -0.4 is 25.2 Å². The van der Waals surface area contributed by atoms with E-state index < -0.39 is 35.5 Å². The maximum atomic E-state index is 15.5. The number of rotatable bonds is 9. The molecule has 1 aromatic heterocycles. The summed E-state index contributed by atoms with van der Waals surface area (Å²) in [5.74, 6) is -0.591. The molecule has 5 amide bonds. The van der Waals surface area contributed by atoms with Crippen LogP contribution in [0.3, 0.4) is 0 Å². The van der Waals surface area contributed by atoms with Crippen molar-refractivity contribution >= 4 is 52.6 Å². The zero-order valence-electron chi connectivity index (χ0n) is 32.9. The number of aromatic nitrogens is 2. The Morgan fingerprint density at radius 3 is 2.27 bits per heavy atom. The molecule has 5 fully saturated rings. The number of anilines is 2. The molecule has 3 saturated heterocycles. The number of amides is 5. The van der Waals surface area contributed by atoms with E-state index in [-0.39, 0.29) is 47.7 Å². The molecule has 1 unspecified atom stereocenters. The smallest absolute Gasteiger partial charge is 0.272 e. The number of fused-ring (bicyclic) bond motifs is 2. The van der Waals surface area contributed by atoms with Gasteiger partial charge in [-0.25, -0.2) is 4.39 Å². The Kier molecular flexibility index (Phi) is 10.9. The number of piperazine rings is 1. The van der Waals surface area contributed by atoms with Gasteiger partial charge in [0.25, 0.3) is 17.7 Å². The first-order chi connectivity index (χ1) is 29.0. The predicted octanol–water partition coefficient (Wildman–Crippen LogP) is 3.95. The summed E-state index contributed by atoms with van der Waals surface area (Å²) in [6.45, 7) is 5.70. The number of carbonyl (C=O) groups is 5. The van der Waals surface area contributed by atoms with Crippen molar-refractivity contribution in [2.45, 2.75) is 69.6 Å². The van der Waals surface area contributed by atoms with E-state index in [4.69, 9.17) is 21.6 Å². The molecule has 6 aliphatic rings. The summed E-state index contributed by atoms with van der Waals surface area (Å²) >= 11 is 6.15. The second-order valence-electron chi connectivity index (χ2n) is 16.9. The average Bonchev–Trinajstić information content (AvgIpc) is 3.88. The average molecular weight is 838 g/mol. The van der Waals surface area contributed by atoms with E-state index in [2.05, 4.69) is 30.6 Å². The van der Waals surface area contributed by atoms with Crippen molar-refractivity contribution in [1.82, 2.24) is 30.6 Å². The quantitative estimate of drug-likeness (QED) is 0.297. The molecule has 4 aliphatic heterocycles. The van der Waals surface area contributed by atoms with Crippen molar-refractivity contribution in [3.63, 3.8) is 0 Å². The lowest BCUT2D eigenvalue weighted by molar-refractivity contribution is -0.136. The third-order valence-corrected chi connectivity index (χ3v) is 13.5.